The van der Waals surface area contributed by atoms with Gasteiger partial charge in [0.15, 0.2) is 6.10 Å². The molecule has 38 heavy (non-hydrogen) atoms. The van der Waals surface area contributed by atoms with E-state index in [1.54, 1.807) is 0 Å². The Bertz CT molecular complexity index is 1020. The molecule has 2 aromatic rings. The van der Waals surface area contributed by atoms with Gasteiger partial charge in [-0.05, 0) is 92.8 Å². The number of carbonyl (C=O) groups is 3. The highest BCUT2D eigenvalue weighted by Gasteiger charge is 2.23. The Morgan fingerprint density at radius 3 is 2.03 bits per heavy atom. The van der Waals surface area contributed by atoms with Gasteiger partial charge < -0.3 is 14.2 Å². The maximum absolute atomic E-state index is 12.6. The monoisotopic (exact) mass is 522 g/mol. The fourth-order valence-electron chi connectivity index (χ4n) is 5.00. The van der Waals surface area contributed by atoms with Gasteiger partial charge in [-0.25, -0.2) is 14.4 Å². The molecule has 1 aliphatic rings. The van der Waals surface area contributed by atoms with Crippen molar-refractivity contribution < 1.29 is 28.6 Å². The maximum Gasteiger partial charge on any atom is 0.347 e. The van der Waals surface area contributed by atoms with E-state index >= 15 is 0 Å². The van der Waals surface area contributed by atoms with Gasteiger partial charge in [0.1, 0.15) is 5.75 Å². The van der Waals surface area contributed by atoms with Crippen LogP contribution in [-0.4, -0.2) is 30.6 Å². The van der Waals surface area contributed by atoms with Crippen molar-refractivity contribution in [2.45, 2.75) is 97.0 Å². The third kappa shape index (κ3) is 9.00. The van der Waals surface area contributed by atoms with E-state index in [0.717, 1.165) is 31.6 Å². The smallest absolute Gasteiger partial charge is 0.347 e. The van der Waals surface area contributed by atoms with Crippen molar-refractivity contribution in [3.8, 4) is 5.75 Å². The van der Waals surface area contributed by atoms with Crippen LogP contribution < -0.4 is 4.74 Å². The topological polar surface area (TPSA) is 78.9 Å². The van der Waals surface area contributed by atoms with Crippen LogP contribution in [0.4, 0.5) is 0 Å². The van der Waals surface area contributed by atoms with Crippen LogP contribution in [0.25, 0.3) is 0 Å². The van der Waals surface area contributed by atoms with Gasteiger partial charge in [-0.2, -0.15) is 0 Å². The second-order valence-electron chi connectivity index (χ2n) is 10.3. The normalized spacial score (nSPS) is 17.9. The Morgan fingerprint density at radius 2 is 1.42 bits per heavy atom. The minimum absolute atomic E-state index is 0.238. The highest BCUT2D eigenvalue weighted by molar-refractivity contribution is 5.95. The summed E-state index contributed by atoms with van der Waals surface area (Å²) in [6.45, 7) is 6.17. The molecule has 0 aromatic heterocycles. The van der Waals surface area contributed by atoms with Crippen LogP contribution in [0.3, 0.4) is 0 Å². The summed E-state index contributed by atoms with van der Waals surface area (Å²) in [6.07, 6.45) is 10.6. The minimum Gasteiger partial charge on any atom is -0.463 e. The van der Waals surface area contributed by atoms with Crippen LogP contribution in [0.1, 0.15) is 117 Å². The first-order valence-corrected chi connectivity index (χ1v) is 14.2. The molecule has 0 unspecified atom stereocenters. The van der Waals surface area contributed by atoms with Gasteiger partial charge in [0.25, 0.3) is 0 Å². The van der Waals surface area contributed by atoms with E-state index < -0.39 is 24.0 Å². The number of carbonyl (C=O) groups excluding carboxylic acids is 3. The number of hydrogen-bond donors (Lipinski definition) is 0. The van der Waals surface area contributed by atoms with Crippen molar-refractivity contribution in [3.63, 3.8) is 0 Å². The zero-order chi connectivity index (χ0) is 27.3. The minimum atomic E-state index is -1.01. The Balaban J connectivity index is 1.45. The summed E-state index contributed by atoms with van der Waals surface area (Å²) in [5.74, 6) is 0.219. The zero-order valence-electron chi connectivity index (χ0n) is 23.1. The molecule has 6 heteroatoms. The SMILES string of the molecule is CCCCCCOC(=O)[C@@H](C)OC(=O)c1ccc(C(=O)Oc2ccc(C3CCC(CCC)CC3)cc2)cc1. The summed E-state index contributed by atoms with van der Waals surface area (Å²) >= 11 is 0. The molecule has 6 nitrogen and oxygen atoms in total. The summed E-state index contributed by atoms with van der Waals surface area (Å²) in [4.78, 5) is 37.1. The van der Waals surface area contributed by atoms with E-state index in [-0.39, 0.29) is 5.56 Å². The molecular formula is C32H42O6. The molecule has 0 heterocycles. The second-order valence-corrected chi connectivity index (χ2v) is 10.3. The average Bonchev–Trinajstić information content (AvgIpc) is 2.94. The van der Waals surface area contributed by atoms with Crippen molar-refractivity contribution >= 4 is 17.9 Å². The first-order chi connectivity index (χ1) is 18.4. The molecule has 1 fully saturated rings. The van der Waals surface area contributed by atoms with Crippen LogP contribution in [0.15, 0.2) is 48.5 Å². The lowest BCUT2D eigenvalue weighted by atomic mass is 9.77. The molecule has 0 aliphatic heterocycles. The van der Waals surface area contributed by atoms with E-state index in [1.807, 2.05) is 12.1 Å². The number of benzene rings is 2. The van der Waals surface area contributed by atoms with Crippen molar-refractivity contribution in [2.75, 3.05) is 6.61 Å². The summed E-state index contributed by atoms with van der Waals surface area (Å²) in [6, 6.07) is 13.8. The maximum atomic E-state index is 12.6. The van der Waals surface area contributed by atoms with Crippen LogP contribution in [0, 0.1) is 5.92 Å². The van der Waals surface area contributed by atoms with Gasteiger partial charge in [0.2, 0.25) is 0 Å². The number of esters is 3. The van der Waals surface area contributed by atoms with Crippen molar-refractivity contribution in [1.29, 1.82) is 0 Å². The molecule has 0 saturated heterocycles. The Hall–Kier alpha value is -3.15. The fraction of sp³-hybridized carbons (Fsp3) is 0.531. The summed E-state index contributed by atoms with van der Waals surface area (Å²) < 4.78 is 15.9. The molecule has 1 aliphatic carbocycles. The quantitative estimate of drug-likeness (QED) is 0.153. The third-order valence-electron chi connectivity index (χ3n) is 7.32. The lowest BCUT2D eigenvalue weighted by Crippen LogP contribution is -2.26. The predicted molar refractivity (Wildman–Crippen MR) is 147 cm³/mol. The fourth-order valence-corrected chi connectivity index (χ4v) is 5.00. The largest absolute Gasteiger partial charge is 0.463 e. The van der Waals surface area contributed by atoms with Crippen molar-refractivity contribution in [3.05, 3.63) is 65.2 Å². The van der Waals surface area contributed by atoms with E-state index in [0.29, 0.717) is 23.8 Å². The molecule has 0 spiro atoms. The van der Waals surface area contributed by atoms with Gasteiger partial charge >= 0.3 is 17.9 Å². The lowest BCUT2D eigenvalue weighted by molar-refractivity contribution is -0.153. The molecule has 206 valence electrons. The lowest BCUT2D eigenvalue weighted by Gasteiger charge is -2.28. The van der Waals surface area contributed by atoms with Gasteiger partial charge in [0, 0.05) is 0 Å². The van der Waals surface area contributed by atoms with Crippen LogP contribution in [0.5, 0.6) is 5.75 Å². The molecule has 0 radical (unpaired) electrons. The molecule has 3 rings (SSSR count). The Labute approximate surface area is 227 Å². The molecule has 0 N–H and O–H groups in total. The van der Waals surface area contributed by atoms with Crippen molar-refractivity contribution in [1.82, 2.24) is 0 Å². The van der Waals surface area contributed by atoms with E-state index in [2.05, 4.69) is 26.0 Å². The average molecular weight is 523 g/mol. The molecule has 0 amide bonds. The van der Waals surface area contributed by atoms with Crippen LogP contribution in [0.2, 0.25) is 0 Å². The standard InChI is InChI=1S/C32H42O6/c1-4-6-7-8-22-36-30(33)23(3)37-31(34)27-14-16-28(17-15-27)32(35)38-29-20-18-26(19-21-29)25-12-10-24(9-5-2)11-13-25/h14-21,23-25H,4-13,22H2,1-3H3/t23-,24?,25?/m1/s1. The first-order valence-electron chi connectivity index (χ1n) is 14.2. The Kier molecular flexibility index (Phi) is 11.8. The Morgan fingerprint density at radius 1 is 0.789 bits per heavy atom. The van der Waals surface area contributed by atoms with E-state index in [4.69, 9.17) is 14.2 Å². The second kappa shape index (κ2) is 15.3. The first kappa shape index (κ1) is 29.4. The van der Waals surface area contributed by atoms with Gasteiger partial charge in [-0.15, -0.1) is 0 Å². The predicted octanol–water partition coefficient (Wildman–Crippen LogP) is 7.65. The number of hydrogen-bond acceptors (Lipinski definition) is 6. The van der Waals surface area contributed by atoms with E-state index in [9.17, 15) is 14.4 Å². The number of ether oxygens (including phenoxy) is 3. The van der Waals surface area contributed by atoms with Crippen LogP contribution in [-0.2, 0) is 14.3 Å². The summed E-state index contributed by atoms with van der Waals surface area (Å²) in [5.41, 5.74) is 1.86. The zero-order valence-corrected chi connectivity index (χ0v) is 23.1. The highest BCUT2D eigenvalue weighted by atomic mass is 16.6. The molecule has 0 bridgehead atoms. The summed E-state index contributed by atoms with van der Waals surface area (Å²) in [5, 5.41) is 0. The molecule has 1 saturated carbocycles. The van der Waals surface area contributed by atoms with Gasteiger partial charge in [-0.3, -0.25) is 0 Å². The van der Waals surface area contributed by atoms with E-state index in [1.165, 1.54) is 75.3 Å². The van der Waals surface area contributed by atoms with Gasteiger partial charge in [-0.1, -0.05) is 58.1 Å². The highest BCUT2D eigenvalue weighted by Crippen LogP contribution is 2.37. The third-order valence-corrected chi connectivity index (χ3v) is 7.32. The van der Waals surface area contributed by atoms with Crippen molar-refractivity contribution in [2.24, 2.45) is 5.92 Å². The van der Waals surface area contributed by atoms with Gasteiger partial charge in [0.05, 0.1) is 17.7 Å². The van der Waals surface area contributed by atoms with Crippen LogP contribution >= 0.6 is 0 Å². The number of rotatable bonds is 13. The molecular weight excluding hydrogens is 480 g/mol. The molecule has 2 aromatic carbocycles. The number of unbranched alkanes of at least 4 members (excludes halogenated alkanes) is 3. The summed E-state index contributed by atoms with van der Waals surface area (Å²) in [7, 11) is 0. The molecule has 1 atom stereocenters.